The van der Waals surface area contributed by atoms with Gasteiger partial charge in [0.05, 0.1) is 0 Å². The van der Waals surface area contributed by atoms with Crippen molar-refractivity contribution in [2.75, 3.05) is 11.5 Å². The highest BCUT2D eigenvalue weighted by Crippen LogP contribution is 2.45. The molecule has 1 saturated carbocycles. The van der Waals surface area contributed by atoms with Gasteiger partial charge in [-0.2, -0.15) is 0 Å². The summed E-state index contributed by atoms with van der Waals surface area (Å²) in [5, 5.41) is 0. The maximum absolute atomic E-state index is 6.39. The molecule has 228 valence electrons. The molecule has 0 bridgehead atoms. The molecule has 0 radical (unpaired) electrons. The van der Waals surface area contributed by atoms with Gasteiger partial charge in [-0.25, -0.2) is 0 Å². The van der Waals surface area contributed by atoms with Crippen LogP contribution in [0.3, 0.4) is 0 Å². The Labute approximate surface area is 271 Å². The lowest BCUT2D eigenvalue weighted by atomic mass is 9.74. The first kappa shape index (κ1) is 29.2. The zero-order chi connectivity index (χ0) is 31.3. The molecule has 0 aromatic heterocycles. The molecule has 7 rings (SSSR count). The van der Waals surface area contributed by atoms with Crippen molar-refractivity contribution < 1.29 is 9.47 Å². The minimum Gasteiger partial charge on any atom is -0.457 e. The fourth-order valence-electron chi connectivity index (χ4n) is 6.59. The van der Waals surface area contributed by atoms with Crippen molar-refractivity contribution >= 4 is 11.4 Å². The molecule has 1 aliphatic rings. The van der Waals surface area contributed by atoms with Gasteiger partial charge in [0.2, 0.25) is 0 Å². The Morgan fingerprint density at radius 1 is 0.457 bits per heavy atom. The average molecular weight is 603 g/mol. The highest BCUT2D eigenvalue weighted by atomic mass is 16.5. The Bertz CT molecular complexity index is 1760. The van der Waals surface area contributed by atoms with Gasteiger partial charge in [0.1, 0.15) is 23.0 Å². The summed E-state index contributed by atoms with van der Waals surface area (Å²) in [5.41, 5.74) is 20.5. The highest BCUT2D eigenvalue weighted by molar-refractivity contribution is 5.73. The molecule has 2 atom stereocenters. The summed E-state index contributed by atoms with van der Waals surface area (Å²) in [6.07, 6.45) is 4.63. The number of ether oxygens (including phenoxy) is 2. The minimum absolute atomic E-state index is 0.456. The minimum atomic E-state index is 0.456. The summed E-state index contributed by atoms with van der Waals surface area (Å²) in [7, 11) is 0. The van der Waals surface area contributed by atoms with Crippen molar-refractivity contribution in [3.8, 4) is 45.3 Å². The van der Waals surface area contributed by atoms with E-state index in [4.69, 9.17) is 20.9 Å². The standard InChI is InChI=1S/C42H38N2O2/c43-35-16-20-37(21-17-35)45-41-24-14-33(27-39(41)29-8-3-1-4-9-29)31-12-7-13-32(26-31)34-15-25-42(46-38-22-18-36(44)19-23-38)40(28-34)30-10-5-2-6-11-30/h1-6,8-11,14-25,27-28,31-32H,7,12-13,26,43-44H2. The number of hydrogen-bond donors (Lipinski definition) is 2. The quantitative estimate of drug-likeness (QED) is 0.170. The third kappa shape index (κ3) is 6.62. The molecule has 0 saturated heterocycles. The molecule has 46 heavy (non-hydrogen) atoms. The van der Waals surface area contributed by atoms with E-state index in [2.05, 4.69) is 97.1 Å². The predicted octanol–water partition coefficient (Wildman–Crippen LogP) is 11.2. The molecule has 4 heteroatoms. The molecule has 4 N–H and O–H groups in total. The third-order valence-electron chi connectivity index (χ3n) is 9.01. The molecule has 6 aromatic carbocycles. The van der Waals surface area contributed by atoms with Gasteiger partial charge in [-0.1, -0.05) is 79.2 Å². The Balaban J connectivity index is 1.18. The molecule has 6 aromatic rings. The van der Waals surface area contributed by atoms with E-state index in [9.17, 15) is 0 Å². The second kappa shape index (κ2) is 13.3. The first-order chi connectivity index (χ1) is 22.6. The molecular weight excluding hydrogens is 564 g/mol. The lowest BCUT2D eigenvalue weighted by molar-refractivity contribution is 0.393. The van der Waals surface area contributed by atoms with Crippen molar-refractivity contribution in [2.45, 2.75) is 37.5 Å². The second-order valence-electron chi connectivity index (χ2n) is 12.1. The van der Waals surface area contributed by atoms with Crippen LogP contribution in [0.15, 0.2) is 146 Å². The van der Waals surface area contributed by atoms with Gasteiger partial charge in [-0.15, -0.1) is 0 Å². The number of hydrogen-bond acceptors (Lipinski definition) is 4. The molecule has 1 fully saturated rings. The van der Waals surface area contributed by atoms with Gasteiger partial charge < -0.3 is 20.9 Å². The zero-order valence-electron chi connectivity index (χ0n) is 25.8. The van der Waals surface area contributed by atoms with Crippen LogP contribution < -0.4 is 20.9 Å². The van der Waals surface area contributed by atoms with E-state index in [0.717, 1.165) is 63.0 Å². The van der Waals surface area contributed by atoms with Crippen LogP contribution in [0.5, 0.6) is 23.0 Å². The first-order valence-electron chi connectivity index (χ1n) is 16.0. The summed E-state index contributed by atoms with van der Waals surface area (Å²) in [4.78, 5) is 0. The number of benzene rings is 6. The summed E-state index contributed by atoms with van der Waals surface area (Å²) in [6.45, 7) is 0. The normalized spacial score (nSPS) is 16.1. The second-order valence-corrected chi connectivity index (χ2v) is 12.1. The third-order valence-corrected chi connectivity index (χ3v) is 9.01. The van der Waals surface area contributed by atoms with Gasteiger partial charge in [0.25, 0.3) is 0 Å². The van der Waals surface area contributed by atoms with Crippen molar-refractivity contribution in [1.82, 2.24) is 0 Å². The molecule has 0 spiro atoms. The Kier molecular flexibility index (Phi) is 8.42. The van der Waals surface area contributed by atoms with Crippen LogP contribution >= 0.6 is 0 Å². The first-order valence-corrected chi connectivity index (χ1v) is 16.0. The van der Waals surface area contributed by atoms with Crippen LogP contribution in [0.4, 0.5) is 11.4 Å². The number of anilines is 2. The van der Waals surface area contributed by atoms with E-state index >= 15 is 0 Å². The monoisotopic (exact) mass is 602 g/mol. The lowest BCUT2D eigenvalue weighted by Gasteiger charge is -2.31. The van der Waals surface area contributed by atoms with Crippen LogP contribution in [0, 0.1) is 0 Å². The fourth-order valence-corrected chi connectivity index (χ4v) is 6.59. The van der Waals surface area contributed by atoms with E-state index in [0.29, 0.717) is 11.8 Å². The van der Waals surface area contributed by atoms with Crippen molar-refractivity contribution in [3.63, 3.8) is 0 Å². The topological polar surface area (TPSA) is 70.5 Å². The summed E-state index contributed by atoms with van der Waals surface area (Å²) in [5.74, 6) is 4.15. The number of nitrogen functional groups attached to an aromatic ring is 2. The van der Waals surface area contributed by atoms with Gasteiger partial charge in [-0.3, -0.25) is 0 Å². The molecule has 0 aliphatic heterocycles. The maximum Gasteiger partial charge on any atom is 0.135 e. The van der Waals surface area contributed by atoms with Crippen LogP contribution in [0.1, 0.15) is 48.6 Å². The largest absolute Gasteiger partial charge is 0.457 e. The molecule has 1 aliphatic carbocycles. The van der Waals surface area contributed by atoms with Crippen molar-refractivity contribution in [1.29, 1.82) is 0 Å². The van der Waals surface area contributed by atoms with Gasteiger partial charge in [0, 0.05) is 22.5 Å². The fraction of sp³-hybridized carbons (Fsp3) is 0.143. The van der Waals surface area contributed by atoms with Gasteiger partial charge in [-0.05, 0) is 126 Å². The average Bonchev–Trinajstić information content (AvgIpc) is 3.11. The van der Waals surface area contributed by atoms with Gasteiger partial charge >= 0.3 is 0 Å². The van der Waals surface area contributed by atoms with Crippen LogP contribution in [0.2, 0.25) is 0 Å². The smallest absolute Gasteiger partial charge is 0.135 e. The van der Waals surface area contributed by atoms with E-state index in [1.807, 2.05) is 48.5 Å². The number of nitrogens with two attached hydrogens (primary N) is 2. The Hall–Kier alpha value is -5.48. The summed E-state index contributed by atoms with van der Waals surface area (Å²) < 4.78 is 12.8. The molecule has 4 nitrogen and oxygen atoms in total. The highest BCUT2D eigenvalue weighted by Gasteiger charge is 2.26. The van der Waals surface area contributed by atoms with E-state index < -0.39 is 0 Å². The summed E-state index contributed by atoms with van der Waals surface area (Å²) in [6, 6.07) is 49.6. The van der Waals surface area contributed by atoms with E-state index in [1.54, 1.807) is 0 Å². The van der Waals surface area contributed by atoms with Crippen LogP contribution in [-0.2, 0) is 0 Å². The van der Waals surface area contributed by atoms with Gasteiger partial charge in [0.15, 0.2) is 0 Å². The molecule has 0 amide bonds. The SMILES string of the molecule is Nc1ccc(Oc2ccc(C3CCCC(c4ccc(Oc5ccc(N)cc5)c(-c5ccccc5)c4)C3)cc2-c2ccccc2)cc1. The molecular formula is C42H38N2O2. The van der Waals surface area contributed by atoms with E-state index in [1.165, 1.54) is 30.4 Å². The van der Waals surface area contributed by atoms with Crippen molar-refractivity contribution in [2.24, 2.45) is 0 Å². The molecule has 0 heterocycles. The summed E-state index contributed by atoms with van der Waals surface area (Å²) >= 11 is 0. The Morgan fingerprint density at radius 3 is 1.28 bits per heavy atom. The Morgan fingerprint density at radius 2 is 0.870 bits per heavy atom. The zero-order valence-corrected chi connectivity index (χ0v) is 25.8. The predicted molar refractivity (Wildman–Crippen MR) is 190 cm³/mol. The lowest BCUT2D eigenvalue weighted by Crippen LogP contribution is -2.13. The number of rotatable bonds is 8. The van der Waals surface area contributed by atoms with Crippen LogP contribution in [0.25, 0.3) is 22.3 Å². The van der Waals surface area contributed by atoms with Crippen LogP contribution in [-0.4, -0.2) is 0 Å². The van der Waals surface area contributed by atoms with E-state index in [-0.39, 0.29) is 0 Å². The van der Waals surface area contributed by atoms with Crippen molar-refractivity contribution in [3.05, 3.63) is 157 Å². The molecule has 2 unspecified atom stereocenters. The maximum atomic E-state index is 6.39.